The van der Waals surface area contributed by atoms with Crippen LogP contribution in [0.4, 0.5) is 0 Å². The first-order valence-electron chi connectivity index (χ1n) is 7.54. The highest BCUT2D eigenvalue weighted by molar-refractivity contribution is 5.80. The van der Waals surface area contributed by atoms with Crippen molar-refractivity contribution in [3.05, 3.63) is 36.0 Å². The lowest BCUT2D eigenvalue weighted by Crippen LogP contribution is -2.22. The van der Waals surface area contributed by atoms with E-state index in [0.29, 0.717) is 6.10 Å². The van der Waals surface area contributed by atoms with Gasteiger partial charge in [-0.3, -0.25) is 0 Å². The molecular weight excluding hydrogens is 248 g/mol. The van der Waals surface area contributed by atoms with Gasteiger partial charge in [-0.2, -0.15) is 0 Å². The van der Waals surface area contributed by atoms with Gasteiger partial charge in [0.05, 0.1) is 6.10 Å². The molecule has 0 unspecified atom stereocenters. The van der Waals surface area contributed by atoms with Crippen LogP contribution in [0.1, 0.15) is 25.8 Å². The number of nitrogens with one attached hydrogen (secondary N) is 1. The lowest BCUT2D eigenvalue weighted by molar-refractivity contribution is 0.0771. The maximum Gasteiger partial charge on any atom is 0.0518 e. The second kappa shape index (κ2) is 7.46. The van der Waals surface area contributed by atoms with E-state index < -0.39 is 0 Å². The van der Waals surface area contributed by atoms with Crippen LogP contribution in [0.5, 0.6) is 0 Å². The van der Waals surface area contributed by atoms with Gasteiger partial charge in [0.25, 0.3) is 0 Å². The van der Waals surface area contributed by atoms with Crippen molar-refractivity contribution in [1.29, 1.82) is 0 Å². The predicted octanol–water partition coefficient (Wildman–Crippen LogP) is 3.35. The van der Waals surface area contributed by atoms with E-state index in [1.807, 2.05) is 0 Å². The highest BCUT2D eigenvalue weighted by Crippen LogP contribution is 2.16. The number of nitrogens with zero attached hydrogens (tertiary/aromatic N) is 1. The molecule has 0 atom stereocenters. The molecule has 0 radical (unpaired) electrons. The predicted molar refractivity (Wildman–Crippen MR) is 85.2 cm³/mol. The molecule has 0 amide bonds. The summed E-state index contributed by atoms with van der Waals surface area (Å²) in [6.07, 6.45) is 3.59. The van der Waals surface area contributed by atoms with Crippen LogP contribution in [-0.4, -0.2) is 30.4 Å². The third-order valence-electron chi connectivity index (χ3n) is 3.41. The van der Waals surface area contributed by atoms with E-state index in [1.165, 1.54) is 16.5 Å². The van der Waals surface area contributed by atoms with Crippen molar-refractivity contribution >= 4 is 10.9 Å². The van der Waals surface area contributed by atoms with Crippen molar-refractivity contribution in [2.75, 3.05) is 19.7 Å². The summed E-state index contributed by atoms with van der Waals surface area (Å²) in [6, 6.07) is 8.82. The molecule has 20 heavy (non-hydrogen) atoms. The Hall–Kier alpha value is -1.32. The summed E-state index contributed by atoms with van der Waals surface area (Å²) < 4.78 is 7.83. The van der Waals surface area contributed by atoms with Gasteiger partial charge in [-0.15, -0.1) is 0 Å². The monoisotopic (exact) mass is 274 g/mol. The van der Waals surface area contributed by atoms with Crippen molar-refractivity contribution in [2.45, 2.75) is 39.8 Å². The summed E-state index contributed by atoms with van der Waals surface area (Å²) in [5, 5.41) is 4.80. The third kappa shape index (κ3) is 4.36. The molecule has 1 heterocycles. The maximum atomic E-state index is 5.52. The summed E-state index contributed by atoms with van der Waals surface area (Å²) in [5.41, 5.74) is 2.64. The Kier molecular flexibility index (Phi) is 5.62. The summed E-state index contributed by atoms with van der Waals surface area (Å²) in [4.78, 5) is 0. The Morgan fingerprint density at radius 2 is 2.05 bits per heavy atom. The molecule has 1 aromatic carbocycles. The summed E-state index contributed by atoms with van der Waals surface area (Å²) in [5.74, 6) is 0. The Morgan fingerprint density at radius 3 is 2.85 bits per heavy atom. The molecule has 0 fully saturated rings. The minimum Gasteiger partial charge on any atom is -0.379 e. The van der Waals surface area contributed by atoms with Crippen molar-refractivity contribution in [2.24, 2.45) is 0 Å². The number of benzene rings is 1. The van der Waals surface area contributed by atoms with Gasteiger partial charge in [0, 0.05) is 31.4 Å². The number of aryl methyl sites for hydroxylation is 1. The zero-order valence-electron chi connectivity index (χ0n) is 12.9. The average Bonchev–Trinajstić information content (AvgIpc) is 2.79. The van der Waals surface area contributed by atoms with Crippen LogP contribution in [0.3, 0.4) is 0 Å². The van der Waals surface area contributed by atoms with Gasteiger partial charge >= 0.3 is 0 Å². The number of rotatable bonds is 8. The minimum absolute atomic E-state index is 0.338. The highest BCUT2D eigenvalue weighted by atomic mass is 16.5. The quantitative estimate of drug-likeness (QED) is 0.747. The number of hydrogen-bond donors (Lipinski definition) is 1. The largest absolute Gasteiger partial charge is 0.379 e. The molecule has 2 rings (SSSR count). The Balaban J connectivity index is 1.71. The van der Waals surface area contributed by atoms with Crippen molar-refractivity contribution in [3.63, 3.8) is 0 Å². The maximum absolute atomic E-state index is 5.52. The molecule has 0 saturated carbocycles. The molecule has 1 N–H and O–H groups in total. The van der Waals surface area contributed by atoms with Crippen LogP contribution in [0.25, 0.3) is 10.9 Å². The zero-order valence-corrected chi connectivity index (χ0v) is 12.9. The molecular formula is C17H26N2O. The molecule has 0 saturated heterocycles. The second-order valence-corrected chi connectivity index (χ2v) is 5.59. The lowest BCUT2D eigenvalue weighted by atomic mass is 10.2. The first-order chi connectivity index (χ1) is 9.66. The van der Waals surface area contributed by atoms with E-state index in [0.717, 1.165) is 32.7 Å². The van der Waals surface area contributed by atoms with Crippen molar-refractivity contribution < 1.29 is 4.74 Å². The molecule has 2 aromatic rings. The van der Waals surface area contributed by atoms with Crippen molar-refractivity contribution in [1.82, 2.24) is 9.88 Å². The molecule has 0 bridgehead atoms. The van der Waals surface area contributed by atoms with Crippen LogP contribution < -0.4 is 5.32 Å². The van der Waals surface area contributed by atoms with Crippen LogP contribution in [0.2, 0.25) is 0 Å². The fourth-order valence-electron chi connectivity index (χ4n) is 2.36. The van der Waals surface area contributed by atoms with Crippen LogP contribution in [0.15, 0.2) is 30.5 Å². The SMILES string of the molecule is Cc1ccc2c(ccn2CCNCCCOC(C)C)c1. The fourth-order valence-corrected chi connectivity index (χ4v) is 2.36. The average molecular weight is 274 g/mol. The zero-order chi connectivity index (χ0) is 14.4. The third-order valence-corrected chi connectivity index (χ3v) is 3.41. The van der Waals surface area contributed by atoms with E-state index in [4.69, 9.17) is 4.74 Å². The van der Waals surface area contributed by atoms with E-state index in [-0.39, 0.29) is 0 Å². The summed E-state index contributed by atoms with van der Waals surface area (Å²) in [6.45, 7) is 10.2. The molecule has 3 nitrogen and oxygen atoms in total. The normalized spacial score (nSPS) is 11.6. The number of ether oxygens (including phenoxy) is 1. The van der Waals surface area contributed by atoms with Gasteiger partial charge in [-0.05, 0) is 57.3 Å². The van der Waals surface area contributed by atoms with E-state index >= 15 is 0 Å². The second-order valence-electron chi connectivity index (χ2n) is 5.59. The fraction of sp³-hybridized carbons (Fsp3) is 0.529. The Morgan fingerprint density at radius 1 is 1.20 bits per heavy atom. The van der Waals surface area contributed by atoms with Crippen molar-refractivity contribution in [3.8, 4) is 0 Å². The number of aromatic nitrogens is 1. The van der Waals surface area contributed by atoms with E-state index in [9.17, 15) is 0 Å². The van der Waals surface area contributed by atoms with E-state index in [2.05, 4.69) is 61.1 Å². The minimum atomic E-state index is 0.338. The Bertz CT molecular complexity index is 531. The molecule has 0 aliphatic rings. The molecule has 1 aromatic heterocycles. The number of fused-ring (bicyclic) bond motifs is 1. The van der Waals surface area contributed by atoms with Gasteiger partial charge in [-0.1, -0.05) is 11.6 Å². The molecule has 0 aliphatic carbocycles. The van der Waals surface area contributed by atoms with Gasteiger partial charge in [0.1, 0.15) is 0 Å². The topological polar surface area (TPSA) is 26.2 Å². The van der Waals surface area contributed by atoms with E-state index in [1.54, 1.807) is 0 Å². The smallest absolute Gasteiger partial charge is 0.0518 e. The van der Waals surface area contributed by atoms with Crippen LogP contribution in [0, 0.1) is 6.92 Å². The molecule has 0 aliphatic heterocycles. The standard InChI is InChI=1S/C17H26N2O/c1-14(2)20-12-4-8-18-9-11-19-10-7-16-13-15(3)5-6-17(16)19/h5-7,10,13-14,18H,4,8-9,11-12H2,1-3H3. The van der Waals surface area contributed by atoms with Gasteiger partial charge < -0.3 is 14.6 Å². The summed E-state index contributed by atoms with van der Waals surface area (Å²) in [7, 11) is 0. The number of hydrogen-bond acceptors (Lipinski definition) is 2. The Labute approximate surface area is 121 Å². The summed E-state index contributed by atoms with van der Waals surface area (Å²) >= 11 is 0. The highest BCUT2D eigenvalue weighted by Gasteiger charge is 2.00. The first kappa shape index (κ1) is 15.1. The first-order valence-corrected chi connectivity index (χ1v) is 7.54. The van der Waals surface area contributed by atoms with Crippen LogP contribution in [-0.2, 0) is 11.3 Å². The lowest BCUT2D eigenvalue weighted by Gasteiger charge is -2.09. The van der Waals surface area contributed by atoms with Gasteiger partial charge in [0.2, 0.25) is 0 Å². The van der Waals surface area contributed by atoms with Gasteiger partial charge in [0.15, 0.2) is 0 Å². The van der Waals surface area contributed by atoms with Crippen LogP contribution >= 0.6 is 0 Å². The molecule has 110 valence electrons. The van der Waals surface area contributed by atoms with Gasteiger partial charge in [-0.25, -0.2) is 0 Å². The molecule has 0 spiro atoms. The molecule has 3 heteroatoms.